The molecule has 8 heteroatoms. The van der Waals surface area contributed by atoms with Crippen LogP contribution in [-0.2, 0) is 0 Å². The normalized spacial score (nSPS) is 15.7. The minimum Gasteiger partial charge on any atom is -0.342 e. The van der Waals surface area contributed by atoms with Gasteiger partial charge in [-0.15, -0.1) is 0 Å². The molecule has 1 saturated heterocycles. The van der Waals surface area contributed by atoms with Gasteiger partial charge in [-0.2, -0.15) is 15.5 Å². The van der Waals surface area contributed by atoms with E-state index in [9.17, 15) is 14.9 Å². The zero-order valence-electron chi connectivity index (χ0n) is 21.0. The molecule has 4 aromatic rings. The van der Waals surface area contributed by atoms with Crippen molar-refractivity contribution in [2.45, 2.75) is 31.5 Å². The smallest absolute Gasteiger partial charge is 0.214 e. The number of hydrogen-bond donors (Lipinski definition) is 0. The Morgan fingerprint density at radius 3 is 2.32 bits per heavy atom. The molecule has 3 aromatic carbocycles. The van der Waals surface area contributed by atoms with E-state index in [4.69, 9.17) is 4.52 Å². The molecule has 0 spiro atoms. The molecular weight excluding hydrogens is 484 g/mol. The zero-order chi connectivity index (χ0) is 26.9. The highest BCUT2D eigenvalue weighted by atomic mass is 19.1. The lowest BCUT2D eigenvalue weighted by Crippen LogP contribution is -2.53. The van der Waals surface area contributed by atoms with E-state index in [1.807, 2.05) is 42.5 Å². The van der Waals surface area contributed by atoms with Gasteiger partial charge in [-0.3, -0.25) is 4.90 Å². The lowest BCUT2D eigenvalue weighted by molar-refractivity contribution is 0.00813. The monoisotopic (exact) mass is 509 g/mol. The van der Waals surface area contributed by atoms with Gasteiger partial charge in [0.2, 0.25) is 12.2 Å². The maximum atomic E-state index is 15.6. The molecule has 0 N–H and O–H groups in total. The average Bonchev–Trinajstić information content (AvgIpc) is 3.42. The summed E-state index contributed by atoms with van der Waals surface area (Å²) in [5.74, 6) is -0.748. The molecule has 0 bridgehead atoms. The number of hydrogen-bond acceptors (Lipinski definition) is 6. The molecule has 0 saturated carbocycles. The Kier molecular flexibility index (Phi) is 6.75. The topological polar surface area (TPSA) is 89.7 Å². The van der Waals surface area contributed by atoms with Crippen molar-refractivity contribution in [3.05, 3.63) is 107 Å². The minimum absolute atomic E-state index is 0.0929. The third-order valence-electron chi connectivity index (χ3n) is 7.10. The van der Waals surface area contributed by atoms with Crippen LogP contribution in [0.2, 0.25) is 0 Å². The standard InChI is InChI=1S/C30H25F2N5O/c1-30(2,32)27(24-10-20(15-34)11-26(31)13-24)25-16-37(17-25)28(21-8-6-19(14-33)7-9-21)22-4-3-5-23(12-22)29-35-18-38-36-29/h3-13,18,25,27-28H,16-17H2,1-2H3. The number of likely N-dealkylation sites (tertiary alicyclic amines) is 1. The van der Waals surface area contributed by atoms with Crippen molar-refractivity contribution >= 4 is 0 Å². The molecule has 2 heterocycles. The lowest BCUT2D eigenvalue weighted by Gasteiger charge is -2.50. The molecule has 1 aliphatic heterocycles. The van der Waals surface area contributed by atoms with E-state index >= 15 is 4.39 Å². The predicted octanol–water partition coefficient (Wildman–Crippen LogP) is 6.17. The fourth-order valence-electron chi connectivity index (χ4n) is 5.56. The van der Waals surface area contributed by atoms with Crippen LogP contribution in [-0.4, -0.2) is 33.8 Å². The first-order chi connectivity index (χ1) is 18.3. The van der Waals surface area contributed by atoms with Crippen LogP contribution in [0.1, 0.15) is 53.6 Å². The lowest BCUT2D eigenvalue weighted by atomic mass is 9.72. The van der Waals surface area contributed by atoms with Crippen LogP contribution in [0.3, 0.4) is 0 Å². The molecule has 2 unspecified atom stereocenters. The first-order valence-electron chi connectivity index (χ1n) is 12.3. The van der Waals surface area contributed by atoms with Gasteiger partial charge in [0.1, 0.15) is 11.5 Å². The zero-order valence-corrected chi connectivity index (χ0v) is 21.0. The molecule has 190 valence electrons. The number of nitrogens with zero attached hydrogens (tertiary/aromatic N) is 5. The van der Waals surface area contributed by atoms with Gasteiger partial charge < -0.3 is 4.52 Å². The number of rotatable bonds is 7. The second kappa shape index (κ2) is 10.2. The van der Waals surface area contributed by atoms with Gasteiger partial charge in [-0.05, 0) is 72.9 Å². The summed E-state index contributed by atoms with van der Waals surface area (Å²) in [5.41, 5.74) is 2.39. The van der Waals surface area contributed by atoms with Crippen LogP contribution >= 0.6 is 0 Å². The number of halogens is 2. The summed E-state index contributed by atoms with van der Waals surface area (Å²) in [5, 5.41) is 22.5. The Bertz CT molecular complexity index is 1510. The number of benzene rings is 3. The summed E-state index contributed by atoms with van der Waals surface area (Å²) in [7, 11) is 0. The van der Waals surface area contributed by atoms with E-state index < -0.39 is 17.4 Å². The Morgan fingerprint density at radius 2 is 1.68 bits per heavy atom. The SMILES string of the molecule is CC(C)(F)C(c1cc(F)cc(C#N)c1)C1CN(C(c2ccc(C#N)cc2)c2cccc(-c3ncon3)c2)C1. The maximum Gasteiger partial charge on any atom is 0.214 e. The molecular formula is C30H25F2N5O. The van der Waals surface area contributed by atoms with Gasteiger partial charge in [0.05, 0.1) is 29.3 Å². The van der Waals surface area contributed by atoms with Crippen molar-refractivity contribution in [3.8, 4) is 23.5 Å². The summed E-state index contributed by atoms with van der Waals surface area (Å²) in [6, 6.07) is 23.3. The molecule has 6 nitrogen and oxygen atoms in total. The molecule has 0 radical (unpaired) electrons. The fraction of sp³-hybridized carbons (Fsp3) is 0.267. The van der Waals surface area contributed by atoms with Gasteiger partial charge in [-0.1, -0.05) is 35.5 Å². The first kappa shape index (κ1) is 25.3. The van der Waals surface area contributed by atoms with Crippen molar-refractivity contribution in [2.24, 2.45) is 5.92 Å². The molecule has 0 amide bonds. The highest BCUT2D eigenvalue weighted by Gasteiger charge is 2.45. The molecule has 5 rings (SSSR count). The number of aromatic nitrogens is 2. The fourth-order valence-corrected chi connectivity index (χ4v) is 5.56. The summed E-state index contributed by atoms with van der Waals surface area (Å²) >= 11 is 0. The van der Waals surface area contributed by atoms with Crippen LogP contribution in [0.25, 0.3) is 11.4 Å². The number of nitriles is 2. The van der Waals surface area contributed by atoms with E-state index in [1.165, 1.54) is 26.3 Å². The van der Waals surface area contributed by atoms with E-state index in [-0.39, 0.29) is 17.5 Å². The summed E-state index contributed by atoms with van der Waals surface area (Å²) in [6.45, 7) is 4.13. The second-order valence-electron chi connectivity index (χ2n) is 10.2. The van der Waals surface area contributed by atoms with E-state index in [0.29, 0.717) is 30.0 Å². The van der Waals surface area contributed by atoms with E-state index in [0.717, 1.165) is 22.8 Å². The summed E-state index contributed by atoms with van der Waals surface area (Å²) in [4.78, 5) is 6.40. The molecule has 38 heavy (non-hydrogen) atoms. The maximum absolute atomic E-state index is 15.6. The van der Waals surface area contributed by atoms with Crippen molar-refractivity contribution in [3.63, 3.8) is 0 Å². The van der Waals surface area contributed by atoms with Crippen LogP contribution in [0.15, 0.2) is 77.6 Å². The Hall–Kier alpha value is -4.40. The summed E-state index contributed by atoms with van der Waals surface area (Å²) < 4.78 is 34.8. The van der Waals surface area contributed by atoms with Gasteiger partial charge in [0, 0.05) is 24.6 Å². The Morgan fingerprint density at radius 1 is 0.947 bits per heavy atom. The number of alkyl halides is 1. The molecule has 1 fully saturated rings. The quantitative estimate of drug-likeness (QED) is 0.296. The van der Waals surface area contributed by atoms with Gasteiger partial charge >= 0.3 is 0 Å². The average molecular weight is 510 g/mol. The van der Waals surface area contributed by atoms with Crippen LogP contribution in [0.5, 0.6) is 0 Å². The van der Waals surface area contributed by atoms with Crippen molar-refractivity contribution < 1.29 is 13.3 Å². The van der Waals surface area contributed by atoms with E-state index in [2.05, 4.69) is 21.1 Å². The van der Waals surface area contributed by atoms with Gasteiger partial charge in [0.25, 0.3) is 0 Å². The van der Waals surface area contributed by atoms with Crippen molar-refractivity contribution in [1.29, 1.82) is 10.5 Å². The summed E-state index contributed by atoms with van der Waals surface area (Å²) in [6.07, 6.45) is 1.28. The third-order valence-corrected chi connectivity index (χ3v) is 7.10. The Labute approximate surface area is 219 Å². The molecule has 0 aliphatic carbocycles. The van der Waals surface area contributed by atoms with E-state index in [1.54, 1.807) is 18.2 Å². The highest BCUT2D eigenvalue weighted by Crippen LogP contribution is 2.45. The molecule has 2 atom stereocenters. The highest BCUT2D eigenvalue weighted by molar-refractivity contribution is 5.56. The minimum atomic E-state index is -1.63. The largest absolute Gasteiger partial charge is 0.342 e. The second-order valence-corrected chi connectivity index (χ2v) is 10.2. The molecule has 1 aromatic heterocycles. The van der Waals surface area contributed by atoms with Crippen molar-refractivity contribution in [1.82, 2.24) is 15.0 Å². The van der Waals surface area contributed by atoms with Crippen molar-refractivity contribution in [2.75, 3.05) is 13.1 Å². The van der Waals surface area contributed by atoms with Crippen LogP contribution < -0.4 is 0 Å². The Balaban J connectivity index is 1.49. The third kappa shape index (κ3) is 5.04. The first-order valence-corrected chi connectivity index (χ1v) is 12.3. The molecule has 1 aliphatic rings. The van der Waals surface area contributed by atoms with Crippen LogP contribution in [0, 0.1) is 34.4 Å². The van der Waals surface area contributed by atoms with Gasteiger partial charge in [0.15, 0.2) is 0 Å². The van der Waals surface area contributed by atoms with Crippen LogP contribution in [0.4, 0.5) is 8.78 Å². The predicted molar refractivity (Wildman–Crippen MR) is 137 cm³/mol. The van der Waals surface area contributed by atoms with Gasteiger partial charge in [-0.25, -0.2) is 8.78 Å².